The highest BCUT2D eigenvalue weighted by atomic mass is 32.2. The third-order valence-corrected chi connectivity index (χ3v) is 6.51. The summed E-state index contributed by atoms with van der Waals surface area (Å²) < 4.78 is 42.0. The lowest BCUT2D eigenvalue weighted by atomic mass is 10.2. The maximum atomic E-state index is 13.0. The summed E-state index contributed by atoms with van der Waals surface area (Å²) in [5.41, 5.74) is 0.630. The van der Waals surface area contributed by atoms with E-state index in [0.29, 0.717) is 31.2 Å². The topological polar surface area (TPSA) is 68.7 Å². The van der Waals surface area contributed by atoms with Gasteiger partial charge in [-0.05, 0) is 30.1 Å². The summed E-state index contributed by atoms with van der Waals surface area (Å²) >= 11 is 0.917. The van der Waals surface area contributed by atoms with Gasteiger partial charge in [-0.15, -0.1) is 0 Å². The van der Waals surface area contributed by atoms with E-state index in [4.69, 9.17) is 9.47 Å². The average molecular weight is 340 g/mol. The van der Waals surface area contributed by atoms with Crippen molar-refractivity contribution >= 4 is 27.2 Å². The summed E-state index contributed by atoms with van der Waals surface area (Å²) in [7, 11) is -2.23. The Hall–Kier alpha value is -1.64. The van der Waals surface area contributed by atoms with Crippen molar-refractivity contribution in [2.45, 2.75) is 16.7 Å². The molecule has 6 nitrogen and oxygen atoms in total. The lowest BCUT2D eigenvalue weighted by Gasteiger charge is -2.28. The van der Waals surface area contributed by atoms with Gasteiger partial charge in [-0.2, -0.15) is 4.37 Å². The van der Waals surface area contributed by atoms with E-state index in [0.717, 1.165) is 11.5 Å². The molecule has 1 aliphatic rings. The number of methoxy groups -OCH3 is 1. The number of hydrogen-bond acceptors (Lipinski definition) is 6. The minimum atomic E-state index is -3.70. The fourth-order valence-electron chi connectivity index (χ4n) is 2.39. The smallest absolute Gasteiger partial charge is 0.275 e. The van der Waals surface area contributed by atoms with Gasteiger partial charge in [0.25, 0.3) is 10.0 Å². The quantitative estimate of drug-likeness (QED) is 0.834. The van der Waals surface area contributed by atoms with E-state index >= 15 is 0 Å². The first-order valence-corrected chi connectivity index (χ1v) is 9.02. The van der Waals surface area contributed by atoms with Crippen LogP contribution in [0.2, 0.25) is 0 Å². The molecule has 2 heterocycles. The van der Waals surface area contributed by atoms with Gasteiger partial charge in [-0.25, -0.2) is 8.42 Å². The molecule has 1 aliphatic heterocycles. The molecule has 0 aliphatic carbocycles. The zero-order chi connectivity index (χ0) is 15.6. The summed E-state index contributed by atoms with van der Waals surface area (Å²) in [4.78, 5) is 0. The minimum absolute atomic E-state index is 0.167. The van der Waals surface area contributed by atoms with Crippen molar-refractivity contribution in [1.29, 1.82) is 0 Å². The monoisotopic (exact) mass is 340 g/mol. The first-order valence-electron chi connectivity index (χ1n) is 6.81. The molecule has 0 spiro atoms. The largest absolute Gasteiger partial charge is 0.480 e. The number of aromatic nitrogens is 1. The molecular weight excluding hydrogens is 324 g/mol. The molecule has 1 aromatic carbocycles. The summed E-state index contributed by atoms with van der Waals surface area (Å²) in [6.07, 6.45) is 0.671. The first kappa shape index (κ1) is 15.3. The van der Waals surface area contributed by atoms with Crippen LogP contribution < -0.4 is 9.04 Å². The number of anilines is 1. The minimum Gasteiger partial charge on any atom is -0.480 e. The van der Waals surface area contributed by atoms with Crippen LogP contribution in [0.5, 0.6) is 5.88 Å². The summed E-state index contributed by atoms with van der Waals surface area (Å²) in [6.45, 7) is 0.958. The standard InChI is InChI=1S/C14H16N2O4S2/c1-19-13-9-14(21-15-13)22(17,18)16(12-7-8-20-10-12)11-5-3-2-4-6-11/h2-6,9,12H,7-8,10H2,1H3. The normalized spacial score (nSPS) is 18.3. The van der Waals surface area contributed by atoms with Crippen LogP contribution in [0.3, 0.4) is 0 Å². The number of para-hydroxylation sites is 1. The van der Waals surface area contributed by atoms with Gasteiger partial charge >= 0.3 is 0 Å². The Labute approximate surface area is 133 Å². The van der Waals surface area contributed by atoms with Gasteiger partial charge < -0.3 is 9.47 Å². The van der Waals surface area contributed by atoms with E-state index in [9.17, 15) is 8.42 Å². The number of benzene rings is 1. The van der Waals surface area contributed by atoms with Crippen LogP contribution in [-0.2, 0) is 14.8 Å². The van der Waals surface area contributed by atoms with Crippen LogP contribution in [0, 0.1) is 0 Å². The van der Waals surface area contributed by atoms with Crippen molar-refractivity contribution in [1.82, 2.24) is 4.37 Å². The van der Waals surface area contributed by atoms with Crippen molar-refractivity contribution in [2.24, 2.45) is 0 Å². The van der Waals surface area contributed by atoms with Gasteiger partial charge in [0.2, 0.25) is 5.88 Å². The van der Waals surface area contributed by atoms with Gasteiger partial charge in [-0.3, -0.25) is 4.31 Å². The van der Waals surface area contributed by atoms with Crippen molar-refractivity contribution < 1.29 is 17.9 Å². The number of ether oxygens (including phenoxy) is 2. The Kier molecular flexibility index (Phi) is 4.32. The van der Waals surface area contributed by atoms with Crippen molar-refractivity contribution in [3.05, 3.63) is 36.4 Å². The first-order chi connectivity index (χ1) is 10.6. The molecule has 2 aromatic rings. The van der Waals surface area contributed by atoms with E-state index in [2.05, 4.69) is 4.37 Å². The second-order valence-electron chi connectivity index (χ2n) is 4.84. The Balaban J connectivity index is 2.04. The molecule has 1 aromatic heterocycles. The number of sulfonamides is 1. The maximum Gasteiger partial charge on any atom is 0.275 e. The lowest BCUT2D eigenvalue weighted by Crippen LogP contribution is -2.40. The maximum absolute atomic E-state index is 13.0. The summed E-state index contributed by atoms with van der Waals surface area (Å²) in [5.74, 6) is 0.305. The van der Waals surface area contributed by atoms with Crippen molar-refractivity contribution in [2.75, 3.05) is 24.6 Å². The van der Waals surface area contributed by atoms with Crippen LogP contribution in [0.1, 0.15) is 6.42 Å². The lowest BCUT2D eigenvalue weighted by molar-refractivity contribution is 0.194. The Morgan fingerprint density at radius 2 is 2.14 bits per heavy atom. The molecule has 0 saturated carbocycles. The Bertz CT molecular complexity index is 724. The molecule has 0 radical (unpaired) electrons. The highest BCUT2D eigenvalue weighted by Crippen LogP contribution is 2.32. The molecule has 1 saturated heterocycles. The highest BCUT2D eigenvalue weighted by molar-refractivity contribution is 7.94. The number of rotatable bonds is 5. The van der Waals surface area contributed by atoms with Crippen molar-refractivity contribution in [3.8, 4) is 5.88 Å². The highest BCUT2D eigenvalue weighted by Gasteiger charge is 2.35. The van der Waals surface area contributed by atoms with Gasteiger partial charge in [0.1, 0.15) is 0 Å². The van der Waals surface area contributed by atoms with Crippen molar-refractivity contribution in [3.63, 3.8) is 0 Å². The SMILES string of the molecule is COc1cc(S(=O)(=O)N(c2ccccc2)C2CCOC2)sn1. The van der Waals surface area contributed by atoms with E-state index in [1.807, 2.05) is 18.2 Å². The van der Waals surface area contributed by atoms with E-state index in [1.165, 1.54) is 17.5 Å². The predicted octanol–water partition coefficient (Wildman–Crippen LogP) is 2.14. The molecule has 1 atom stereocenters. The van der Waals surface area contributed by atoms with E-state index < -0.39 is 10.0 Å². The van der Waals surface area contributed by atoms with Crippen LogP contribution in [-0.4, -0.2) is 39.2 Å². The molecule has 0 amide bonds. The molecule has 3 rings (SSSR count). The van der Waals surface area contributed by atoms with Gasteiger partial charge in [0, 0.05) is 12.7 Å². The Morgan fingerprint density at radius 3 is 2.73 bits per heavy atom. The van der Waals surface area contributed by atoms with E-state index in [1.54, 1.807) is 12.1 Å². The average Bonchev–Trinajstić information content (AvgIpc) is 3.20. The van der Waals surface area contributed by atoms with Gasteiger partial charge in [-0.1, -0.05) is 18.2 Å². The van der Waals surface area contributed by atoms with Gasteiger partial charge in [0.05, 0.1) is 25.4 Å². The van der Waals surface area contributed by atoms with Crippen LogP contribution >= 0.6 is 11.5 Å². The molecule has 22 heavy (non-hydrogen) atoms. The summed E-state index contributed by atoms with van der Waals surface area (Å²) in [5, 5.41) is 0. The predicted molar refractivity (Wildman–Crippen MR) is 84.0 cm³/mol. The second kappa shape index (κ2) is 6.23. The van der Waals surface area contributed by atoms with Crippen LogP contribution in [0.4, 0.5) is 5.69 Å². The second-order valence-corrected chi connectivity index (χ2v) is 7.69. The fraction of sp³-hybridized carbons (Fsp3) is 0.357. The fourth-order valence-corrected chi connectivity index (χ4v) is 4.98. The number of nitrogens with zero attached hydrogens (tertiary/aromatic N) is 2. The van der Waals surface area contributed by atoms with Gasteiger partial charge in [0.15, 0.2) is 4.21 Å². The van der Waals surface area contributed by atoms with Crippen LogP contribution in [0.15, 0.2) is 40.6 Å². The zero-order valence-corrected chi connectivity index (χ0v) is 13.6. The molecule has 8 heteroatoms. The molecule has 0 N–H and O–H groups in total. The number of hydrogen-bond donors (Lipinski definition) is 0. The zero-order valence-electron chi connectivity index (χ0n) is 12.0. The summed E-state index contributed by atoms with van der Waals surface area (Å²) in [6, 6.07) is 10.3. The third-order valence-electron chi connectivity index (χ3n) is 3.44. The molecule has 1 unspecified atom stereocenters. The Morgan fingerprint density at radius 1 is 1.36 bits per heavy atom. The third kappa shape index (κ3) is 2.81. The van der Waals surface area contributed by atoms with Crippen LogP contribution in [0.25, 0.3) is 0 Å². The molecule has 1 fully saturated rings. The molecular formula is C14H16N2O4S2. The molecule has 118 valence electrons. The van der Waals surface area contributed by atoms with E-state index in [-0.39, 0.29) is 10.3 Å². The molecule has 0 bridgehead atoms.